The summed E-state index contributed by atoms with van der Waals surface area (Å²) >= 11 is 1.09. The van der Waals surface area contributed by atoms with Crippen molar-refractivity contribution < 1.29 is 27.5 Å². The van der Waals surface area contributed by atoms with E-state index in [0.717, 1.165) is 21.0 Å². The molecule has 8 nitrogen and oxygen atoms in total. The predicted octanol–water partition coefficient (Wildman–Crippen LogP) is 3.61. The van der Waals surface area contributed by atoms with Gasteiger partial charge >= 0.3 is 12.3 Å². The number of fused-ring (bicyclic) bond motifs is 1. The summed E-state index contributed by atoms with van der Waals surface area (Å²) in [6.45, 7) is 4.50. The maximum absolute atomic E-state index is 13.8. The molecule has 0 unspecified atom stereocenters. The molecule has 0 bridgehead atoms. The van der Waals surface area contributed by atoms with Crippen molar-refractivity contribution >= 4 is 44.4 Å². The molecule has 0 aliphatic carbocycles. The van der Waals surface area contributed by atoms with E-state index in [4.69, 9.17) is 4.74 Å². The fraction of sp³-hybridized carbons (Fsp3) is 0.400. The molecule has 3 heterocycles. The van der Waals surface area contributed by atoms with Crippen LogP contribution in [0.3, 0.4) is 0 Å². The van der Waals surface area contributed by atoms with Crippen LogP contribution in [-0.2, 0) is 9.53 Å². The highest BCUT2D eigenvalue weighted by molar-refractivity contribution is 7.22. The van der Waals surface area contributed by atoms with E-state index < -0.39 is 29.5 Å². The number of carbonyl (C=O) groups is 2. The summed E-state index contributed by atoms with van der Waals surface area (Å²) in [5.74, 6) is -0.873. The summed E-state index contributed by atoms with van der Waals surface area (Å²) in [4.78, 5) is 32.4. The number of rotatable bonds is 3. The van der Waals surface area contributed by atoms with Gasteiger partial charge in [-0.3, -0.25) is 4.79 Å². The highest BCUT2D eigenvalue weighted by atomic mass is 32.1. The monoisotopic (exact) mass is 467 g/mol. The van der Waals surface area contributed by atoms with Crippen molar-refractivity contribution in [2.75, 3.05) is 37.8 Å². The number of benzene rings is 1. The van der Waals surface area contributed by atoms with E-state index in [2.05, 4.69) is 10.1 Å². The van der Waals surface area contributed by atoms with E-state index in [0.29, 0.717) is 5.52 Å². The molecular weight excluding hydrogens is 447 g/mol. The molecule has 1 saturated heterocycles. The number of nitrogens with zero attached hydrogens (tertiary/aromatic N) is 5. The van der Waals surface area contributed by atoms with Crippen LogP contribution in [0.4, 0.5) is 23.1 Å². The SMILES string of the molecule is CCOC(=O)N1CCN(/C(C)=C2/C(=O)N(c3nc4ccccc4s3)N=C2C(F)(F)F)CC1. The smallest absolute Gasteiger partial charge is 0.436 e. The topological polar surface area (TPSA) is 78.3 Å². The number of hydrogen-bond acceptors (Lipinski definition) is 7. The Kier molecular flexibility index (Phi) is 5.80. The maximum atomic E-state index is 13.8. The van der Waals surface area contributed by atoms with E-state index in [-0.39, 0.29) is 43.6 Å². The molecule has 0 N–H and O–H groups in total. The quantitative estimate of drug-likeness (QED) is 0.645. The number of alkyl halides is 3. The van der Waals surface area contributed by atoms with Gasteiger partial charge < -0.3 is 14.5 Å². The second-order valence-corrected chi connectivity index (χ2v) is 8.17. The summed E-state index contributed by atoms with van der Waals surface area (Å²) in [6.07, 6.45) is -5.28. The Morgan fingerprint density at radius 2 is 1.81 bits per heavy atom. The standard InChI is InChI=1S/C20H20F3N5O3S/c1-3-31-19(30)27-10-8-26(9-11-27)12(2)15-16(20(21,22)23)25-28(17(15)29)18-24-13-6-4-5-7-14(13)32-18/h4-7H,3,8-11H2,1-2H3/b15-12+. The van der Waals surface area contributed by atoms with E-state index >= 15 is 0 Å². The number of hydrogen-bond donors (Lipinski definition) is 0. The first kappa shape index (κ1) is 22.1. The lowest BCUT2D eigenvalue weighted by Crippen LogP contribution is -2.48. The van der Waals surface area contributed by atoms with Gasteiger partial charge in [0.05, 0.1) is 22.4 Å². The molecule has 0 spiro atoms. The number of ether oxygens (including phenoxy) is 1. The van der Waals surface area contributed by atoms with Crippen LogP contribution in [0.25, 0.3) is 10.2 Å². The highest BCUT2D eigenvalue weighted by Crippen LogP contribution is 2.37. The molecule has 12 heteroatoms. The van der Waals surface area contributed by atoms with Crippen molar-refractivity contribution in [3.8, 4) is 0 Å². The summed E-state index contributed by atoms with van der Waals surface area (Å²) in [6, 6.07) is 7.03. The van der Waals surface area contributed by atoms with Gasteiger partial charge in [0.15, 0.2) is 5.71 Å². The number of thiazole rings is 1. The lowest BCUT2D eigenvalue weighted by atomic mass is 10.1. The number of amides is 2. The summed E-state index contributed by atoms with van der Waals surface area (Å²) in [5.41, 5.74) is -1.00. The molecule has 1 aromatic carbocycles. The fourth-order valence-electron chi connectivity index (χ4n) is 3.60. The molecule has 2 aromatic rings. The van der Waals surface area contributed by atoms with Gasteiger partial charge in [-0.2, -0.15) is 23.3 Å². The van der Waals surface area contributed by atoms with Crippen molar-refractivity contribution in [2.45, 2.75) is 20.0 Å². The van der Waals surface area contributed by atoms with Gasteiger partial charge in [0.25, 0.3) is 5.91 Å². The molecule has 0 radical (unpaired) electrons. The lowest BCUT2D eigenvalue weighted by molar-refractivity contribution is -0.114. The van der Waals surface area contributed by atoms with Gasteiger partial charge in [0, 0.05) is 31.9 Å². The Bertz CT molecular complexity index is 1090. The average molecular weight is 467 g/mol. The number of anilines is 1. The van der Waals surface area contributed by atoms with Crippen LogP contribution in [0.2, 0.25) is 0 Å². The maximum Gasteiger partial charge on any atom is 0.436 e. The number of aromatic nitrogens is 1. The average Bonchev–Trinajstić information content (AvgIpc) is 3.34. The lowest BCUT2D eigenvalue weighted by Gasteiger charge is -2.36. The van der Waals surface area contributed by atoms with Gasteiger partial charge in [-0.05, 0) is 26.0 Å². The zero-order chi connectivity index (χ0) is 23.0. The van der Waals surface area contributed by atoms with Crippen LogP contribution in [0, 0.1) is 0 Å². The molecule has 2 amide bonds. The molecule has 4 rings (SSSR count). The number of halogens is 3. The van der Waals surface area contributed by atoms with E-state index in [9.17, 15) is 22.8 Å². The van der Waals surface area contributed by atoms with Crippen LogP contribution < -0.4 is 5.01 Å². The third-order valence-corrected chi connectivity index (χ3v) is 6.23. The Balaban J connectivity index is 1.64. The predicted molar refractivity (Wildman–Crippen MR) is 113 cm³/mol. The summed E-state index contributed by atoms with van der Waals surface area (Å²) in [7, 11) is 0. The Hall–Kier alpha value is -3.15. The number of hydrazone groups is 1. The molecular formula is C20H20F3N5O3S. The minimum Gasteiger partial charge on any atom is -0.450 e. The minimum absolute atomic E-state index is 0.0767. The van der Waals surface area contributed by atoms with Gasteiger partial charge in [0.2, 0.25) is 5.13 Å². The molecule has 1 aromatic heterocycles. The third-order valence-electron chi connectivity index (χ3n) is 5.22. The van der Waals surface area contributed by atoms with Crippen molar-refractivity contribution in [3.63, 3.8) is 0 Å². The zero-order valence-corrected chi connectivity index (χ0v) is 18.2. The number of para-hydroxylation sites is 1. The Morgan fingerprint density at radius 3 is 2.44 bits per heavy atom. The van der Waals surface area contributed by atoms with Crippen LogP contribution in [-0.4, -0.2) is 71.5 Å². The van der Waals surface area contributed by atoms with Crippen LogP contribution >= 0.6 is 11.3 Å². The number of carbonyl (C=O) groups excluding carboxylic acids is 2. The zero-order valence-electron chi connectivity index (χ0n) is 17.3. The first-order valence-corrected chi connectivity index (χ1v) is 10.8. The number of piperazine rings is 1. The van der Waals surface area contributed by atoms with Crippen molar-refractivity contribution in [1.82, 2.24) is 14.8 Å². The first-order chi connectivity index (χ1) is 15.2. The van der Waals surface area contributed by atoms with Gasteiger partial charge in [-0.25, -0.2) is 9.78 Å². The molecule has 2 aliphatic rings. The summed E-state index contributed by atoms with van der Waals surface area (Å²) in [5, 5.41) is 4.43. The fourth-order valence-corrected chi connectivity index (χ4v) is 4.52. The molecule has 1 fully saturated rings. The molecule has 2 aliphatic heterocycles. The Labute approximate surface area is 185 Å². The van der Waals surface area contributed by atoms with Crippen molar-refractivity contribution in [1.29, 1.82) is 0 Å². The second-order valence-electron chi connectivity index (χ2n) is 7.16. The summed E-state index contributed by atoms with van der Waals surface area (Å²) < 4.78 is 47.1. The normalized spacial score (nSPS) is 19.0. The van der Waals surface area contributed by atoms with Crippen LogP contribution in [0.5, 0.6) is 0 Å². The van der Waals surface area contributed by atoms with Crippen molar-refractivity contribution in [3.05, 3.63) is 35.5 Å². The van der Waals surface area contributed by atoms with Crippen LogP contribution in [0.15, 0.2) is 40.6 Å². The van der Waals surface area contributed by atoms with E-state index in [1.165, 1.54) is 11.8 Å². The van der Waals surface area contributed by atoms with Gasteiger partial charge in [0.1, 0.15) is 0 Å². The molecule has 0 atom stereocenters. The number of allylic oxidation sites excluding steroid dienone is 1. The Morgan fingerprint density at radius 1 is 1.16 bits per heavy atom. The van der Waals surface area contributed by atoms with Crippen molar-refractivity contribution in [2.24, 2.45) is 5.10 Å². The third kappa shape index (κ3) is 4.01. The molecule has 0 saturated carbocycles. The van der Waals surface area contributed by atoms with E-state index in [1.54, 1.807) is 36.1 Å². The first-order valence-electron chi connectivity index (χ1n) is 9.94. The molecule has 170 valence electrons. The minimum atomic E-state index is -4.82. The second kappa shape index (κ2) is 8.41. The highest BCUT2D eigenvalue weighted by Gasteiger charge is 2.49. The van der Waals surface area contributed by atoms with Gasteiger partial charge in [-0.15, -0.1) is 0 Å². The molecule has 32 heavy (non-hydrogen) atoms. The van der Waals surface area contributed by atoms with Gasteiger partial charge in [-0.1, -0.05) is 23.5 Å². The van der Waals surface area contributed by atoms with Crippen LogP contribution in [0.1, 0.15) is 13.8 Å². The van der Waals surface area contributed by atoms with E-state index in [1.807, 2.05) is 0 Å². The largest absolute Gasteiger partial charge is 0.450 e.